The molecule has 2 heterocycles. The molecule has 0 radical (unpaired) electrons. The molecule has 6 heteroatoms. The van der Waals surface area contributed by atoms with Crippen LogP contribution in [-0.2, 0) is 19.3 Å². The molecule has 0 bridgehead atoms. The molecule has 0 amide bonds. The van der Waals surface area contributed by atoms with Crippen LogP contribution in [0.4, 0.5) is 0 Å². The minimum absolute atomic E-state index is 0.0573. The molecule has 0 saturated carbocycles. The van der Waals surface area contributed by atoms with E-state index in [0.29, 0.717) is 13.2 Å². The van der Waals surface area contributed by atoms with Crippen LogP contribution in [0.3, 0.4) is 0 Å². The maximum Gasteiger partial charge on any atom is 0.154 e. The Morgan fingerprint density at radius 1 is 1.31 bits per heavy atom. The molecule has 2 rings (SSSR count). The standard InChI is InChI=1S/C7H11BrO4S/c8-6-3-13(9,10)4-7(6)12-5-1-11-2-5/h5-7H,1-4H2. The topological polar surface area (TPSA) is 52.6 Å². The van der Waals surface area contributed by atoms with Crippen LogP contribution in [0, 0.1) is 0 Å². The fourth-order valence-electron chi connectivity index (χ4n) is 1.44. The Morgan fingerprint density at radius 2 is 2.00 bits per heavy atom. The van der Waals surface area contributed by atoms with Gasteiger partial charge in [0.25, 0.3) is 0 Å². The molecule has 0 aromatic carbocycles. The summed E-state index contributed by atoms with van der Waals surface area (Å²) in [4.78, 5) is -0.0573. The van der Waals surface area contributed by atoms with Crippen LogP contribution in [0.5, 0.6) is 0 Å². The predicted molar refractivity (Wildman–Crippen MR) is 50.8 cm³/mol. The quantitative estimate of drug-likeness (QED) is 0.661. The van der Waals surface area contributed by atoms with Gasteiger partial charge in [0, 0.05) is 0 Å². The Labute approximate surface area is 85.6 Å². The highest BCUT2D eigenvalue weighted by Crippen LogP contribution is 2.24. The van der Waals surface area contributed by atoms with E-state index in [-0.39, 0.29) is 28.5 Å². The Hall–Kier alpha value is 0.350. The van der Waals surface area contributed by atoms with Gasteiger partial charge in [0.1, 0.15) is 6.10 Å². The van der Waals surface area contributed by atoms with Crippen molar-refractivity contribution in [1.82, 2.24) is 0 Å². The molecule has 2 saturated heterocycles. The molecular weight excluding hydrogens is 260 g/mol. The lowest BCUT2D eigenvalue weighted by molar-refractivity contribution is -0.147. The van der Waals surface area contributed by atoms with Crippen LogP contribution in [0.25, 0.3) is 0 Å². The van der Waals surface area contributed by atoms with Gasteiger partial charge in [-0.25, -0.2) is 8.42 Å². The molecule has 0 aliphatic carbocycles. The lowest BCUT2D eigenvalue weighted by atomic mass is 10.2. The number of rotatable bonds is 2. The summed E-state index contributed by atoms with van der Waals surface area (Å²) in [5, 5.41) is 0. The van der Waals surface area contributed by atoms with Gasteiger partial charge in [-0.1, -0.05) is 15.9 Å². The third-order valence-corrected chi connectivity index (χ3v) is 5.25. The van der Waals surface area contributed by atoms with E-state index in [1.807, 2.05) is 0 Å². The van der Waals surface area contributed by atoms with Crippen molar-refractivity contribution in [3.63, 3.8) is 0 Å². The second-order valence-electron chi connectivity index (χ2n) is 3.43. The first-order valence-corrected chi connectivity index (χ1v) is 6.88. The van der Waals surface area contributed by atoms with Crippen molar-refractivity contribution in [2.75, 3.05) is 24.7 Å². The molecule has 0 aromatic rings. The molecule has 0 spiro atoms. The third kappa shape index (κ3) is 2.23. The second kappa shape index (κ2) is 3.49. The van der Waals surface area contributed by atoms with Crippen molar-refractivity contribution in [2.24, 2.45) is 0 Å². The molecule has 2 fully saturated rings. The number of ether oxygens (including phenoxy) is 2. The van der Waals surface area contributed by atoms with Crippen LogP contribution in [0.15, 0.2) is 0 Å². The zero-order chi connectivity index (χ0) is 9.47. The number of hydrogen-bond donors (Lipinski definition) is 0. The lowest BCUT2D eigenvalue weighted by Gasteiger charge is -2.29. The average molecular weight is 271 g/mol. The van der Waals surface area contributed by atoms with Crippen molar-refractivity contribution in [2.45, 2.75) is 17.0 Å². The second-order valence-corrected chi connectivity index (χ2v) is 6.76. The zero-order valence-electron chi connectivity index (χ0n) is 6.98. The summed E-state index contributed by atoms with van der Waals surface area (Å²) in [6.45, 7) is 1.19. The largest absolute Gasteiger partial charge is 0.376 e. The zero-order valence-corrected chi connectivity index (χ0v) is 9.38. The normalized spacial score (nSPS) is 38.8. The number of alkyl halides is 1. The molecule has 13 heavy (non-hydrogen) atoms. The van der Waals surface area contributed by atoms with E-state index < -0.39 is 9.84 Å². The summed E-state index contributed by atoms with van der Waals surface area (Å²) in [5.41, 5.74) is 0. The molecule has 2 atom stereocenters. The maximum atomic E-state index is 11.2. The van der Waals surface area contributed by atoms with E-state index in [0.717, 1.165) is 0 Å². The van der Waals surface area contributed by atoms with E-state index in [1.54, 1.807) is 0 Å². The summed E-state index contributed by atoms with van der Waals surface area (Å²) >= 11 is 3.32. The highest BCUT2D eigenvalue weighted by Gasteiger charge is 2.39. The molecule has 2 aliphatic rings. The summed E-state index contributed by atoms with van der Waals surface area (Å²) < 4.78 is 32.9. The van der Waals surface area contributed by atoms with Crippen LogP contribution in [-0.4, -0.2) is 50.2 Å². The van der Waals surface area contributed by atoms with Gasteiger partial charge in [-0.15, -0.1) is 0 Å². The van der Waals surface area contributed by atoms with Crippen molar-refractivity contribution in [3.8, 4) is 0 Å². The molecular formula is C7H11BrO4S. The monoisotopic (exact) mass is 270 g/mol. The number of hydrogen-bond acceptors (Lipinski definition) is 4. The summed E-state index contributed by atoms with van der Waals surface area (Å²) in [6.07, 6.45) is -0.0998. The molecule has 76 valence electrons. The third-order valence-electron chi connectivity index (χ3n) is 2.21. The van der Waals surface area contributed by atoms with Crippen LogP contribution < -0.4 is 0 Å². The van der Waals surface area contributed by atoms with Crippen molar-refractivity contribution >= 4 is 25.8 Å². The molecule has 2 unspecified atom stereocenters. The van der Waals surface area contributed by atoms with E-state index in [9.17, 15) is 8.42 Å². The Bertz CT molecular complexity index is 285. The van der Waals surface area contributed by atoms with Gasteiger partial charge < -0.3 is 9.47 Å². The van der Waals surface area contributed by atoms with E-state index >= 15 is 0 Å². The predicted octanol–water partition coefficient (Wildman–Crippen LogP) is -0.0377. The van der Waals surface area contributed by atoms with Gasteiger partial charge in [-0.2, -0.15) is 0 Å². The van der Waals surface area contributed by atoms with Crippen molar-refractivity contribution in [3.05, 3.63) is 0 Å². The van der Waals surface area contributed by atoms with E-state index in [4.69, 9.17) is 9.47 Å². The van der Waals surface area contributed by atoms with Gasteiger partial charge in [0.15, 0.2) is 9.84 Å². The number of halogens is 1. The van der Waals surface area contributed by atoms with Gasteiger partial charge in [-0.3, -0.25) is 0 Å². The Morgan fingerprint density at radius 3 is 2.38 bits per heavy atom. The minimum Gasteiger partial charge on any atom is -0.376 e. The summed E-state index contributed by atoms with van der Waals surface area (Å²) in [7, 11) is -2.89. The highest BCUT2D eigenvalue weighted by molar-refractivity contribution is 9.09. The van der Waals surface area contributed by atoms with Gasteiger partial charge in [-0.05, 0) is 0 Å². The lowest BCUT2D eigenvalue weighted by Crippen LogP contribution is -2.41. The molecule has 4 nitrogen and oxygen atoms in total. The first-order valence-electron chi connectivity index (χ1n) is 4.14. The maximum absolute atomic E-state index is 11.2. The molecule has 2 aliphatic heterocycles. The molecule has 0 N–H and O–H groups in total. The smallest absolute Gasteiger partial charge is 0.154 e. The van der Waals surface area contributed by atoms with Crippen LogP contribution in [0.2, 0.25) is 0 Å². The van der Waals surface area contributed by atoms with E-state index in [2.05, 4.69) is 15.9 Å². The average Bonchev–Trinajstić information content (AvgIpc) is 2.16. The summed E-state index contributed by atoms with van der Waals surface area (Å²) in [5.74, 6) is 0.324. The Balaban J connectivity index is 1.92. The van der Waals surface area contributed by atoms with E-state index in [1.165, 1.54) is 0 Å². The Kier molecular flexibility index (Phi) is 2.65. The van der Waals surface area contributed by atoms with Gasteiger partial charge in [0.2, 0.25) is 0 Å². The minimum atomic E-state index is -2.89. The van der Waals surface area contributed by atoms with Gasteiger partial charge >= 0.3 is 0 Å². The fourth-order valence-corrected chi connectivity index (χ4v) is 4.85. The SMILES string of the molecule is O=S1(=O)CC(Br)C(OC2COC2)C1. The van der Waals surface area contributed by atoms with Gasteiger partial charge in [0.05, 0.1) is 35.7 Å². The first-order chi connectivity index (χ1) is 6.07. The number of sulfone groups is 1. The fraction of sp³-hybridized carbons (Fsp3) is 1.00. The molecule has 0 aromatic heterocycles. The summed E-state index contributed by atoms with van der Waals surface area (Å²) in [6, 6.07) is 0. The van der Waals surface area contributed by atoms with Crippen LogP contribution >= 0.6 is 15.9 Å². The first kappa shape index (κ1) is 9.89. The van der Waals surface area contributed by atoms with Crippen molar-refractivity contribution < 1.29 is 17.9 Å². The van der Waals surface area contributed by atoms with Crippen molar-refractivity contribution in [1.29, 1.82) is 0 Å². The highest BCUT2D eigenvalue weighted by atomic mass is 79.9. The van der Waals surface area contributed by atoms with Crippen LogP contribution in [0.1, 0.15) is 0 Å².